The van der Waals surface area contributed by atoms with Gasteiger partial charge in [-0.15, -0.1) is 11.3 Å². The number of urea groups is 1. The number of anilines is 1. The molecule has 2 amide bonds. The van der Waals surface area contributed by atoms with Crippen molar-refractivity contribution in [2.45, 2.75) is 32.1 Å². The van der Waals surface area contributed by atoms with Crippen LogP contribution in [0.5, 0.6) is 5.75 Å². The number of amides is 2. The van der Waals surface area contributed by atoms with Crippen LogP contribution in [0.25, 0.3) is 0 Å². The van der Waals surface area contributed by atoms with Gasteiger partial charge in [-0.3, -0.25) is 4.98 Å². The molecular formula is C23H25N3O3S. The van der Waals surface area contributed by atoms with E-state index in [1.165, 1.54) is 4.88 Å². The summed E-state index contributed by atoms with van der Waals surface area (Å²) in [5, 5.41) is 5.02. The quantitative estimate of drug-likeness (QED) is 0.558. The molecule has 1 saturated heterocycles. The van der Waals surface area contributed by atoms with Crippen molar-refractivity contribution >= 4 is 23.1 Å². The summed E-state index contributed by atoms with van der Waals surface area (Å²) in [6, 6.07) is 15.2. The molecule has 0 saturated carbocycles. The molecule has 7 heteroatoms. The number of rotatable bonds is 8. The average molecular weight is 424 g/mol. The summed E-state index contributed by atoms with van der Waals surface area (Å²) >= 11 is 1.67. The molecule has 3 aromatic rings. The Morgan fingerprint density at radius 2 is 2.13 bits per heavy atom. The van der Waals surface area contributed by atoms with Gasteiger partial charge in [0.05, 0.1) is 6.10 Å². The molecule has 4 rings (SSSR count). The molecule has 6 nitrogen and oxygen atoms in total. The van der Waals surface area contributed by atoms with E-state index in [0.29, 0.717) is 19.7 Å². The number of aromatic nitrogens is 1. The largest absolute Gasteiger partial charge is 0.488 e. The molecule has 0 bridgehead atoms. The van der Waals surface area contributed by atoms with E-state index >= 15 is 0 Å². The second-order valence-corrected chi connectivity index (χ2v) is 8.23. The lowest BCUT2D eigenvalue weighted by Crippen LogP contribution is -2.39. The maximum absolute atomic E-state index is 13.0. The van der Waals surface area contributed by atoms with Crippen molar-refractivity contribution in [3.63, 3.8) is 0 Å². The van der Waals surface area contributed by atoms with Crippen molar-refractivity contribution in [3.8, 4) is 5.75 Å². The highest BCUT2D eigenvalue weighted by molar-refractivity contribution is 7.09. The molecule has 0 aliphatic carbocycles. The lowest BCUT2D eigenvalue weighted by atomic mass is 10.2. The molecule has 0 spiro atoms. The fourth-order valence-corrected chi connectivity index (χ4v) is 3.97. The van der Waals surface area contributed by atoms with Crippen molar-refractivity contribution in [1.82, 2.24) is 9.88 Å². The van der Waals surface area contributed by atoms with Gasteiger partial charge in [0.1, 0.15) is 12.4 Å². The van der Waals surface area contributed by atoms with Crippen molar-refractivity contribution in [1.29, 1.82) is 0 Å². The summed E-state index contributed by atoms with van der Waals surface area (Å²) in [5.41, 5.74) is 1.72. The summed E-state index contributed by atoms with van der Waals surface area (Å²) in [5.74, 6) is 0.771. The van der Waals surface area contributed by atoms with Crippen LogP contribution < -0.4 is 10.1 Å². The number of hydrogen-bond acceptors (Lipinski definition) is 5. The zero-order chi connectivity index (χ0) is 20.6. The third kappa shape index (κ3) is 5.81. The molecule has 1 atom stereocenters. The molecule has 1 fully saturated rings. The molecule has 0 radical (unpaired) electrons. The van der Waals surface area contributed by atoms with E-state index in [4.69, 9.17) is 9.47 Å². The first kappa shape index (κ1) is 20.4. The Labute approximate surface area is 180 Å². The Bertz CT molecular complexity index is 911. The van der Waals surface area contributed by atoms with E-state index in [2.05, 4.69) is 10.3 Å². The highest BCUT2D eigenvalue weighted by Gasteiger charge is 2.23. The molecular weight excluding hydrogens is 398 g/mol. The molecule has 1 unspecified atom stereocenters. The normalized spacial score (nSPS) is 15.7. The van der Waals surface area contributed by atoms with Crippen LogP contribution in [0.3, 0.4) is 0 Å². The van der Waals surface area contributed by atoms with Crippen LogP contribution in [0.2, 0.25) is 0 Å². The topological polar surface area (TPSA) is 63.7 Å². The van der Waals surface area contributed by atoms with Crippen LogP contribution in [-0.2, 0) is 17.9 Å². The van der Waals surface area contributed by atoms with Gasteiger partial charge in [-0.2, -0.15) is 0 Å². The van der Waals surface area contributed by atoms with Crippen LogP contribution >= 0.6 is 11.3 Å². The van der Waals surface area contributed by atoms with E-state index in [1.54, 1.807) is 28.6 Å². The van der Waals surface area contributed by atoms with Crippen molar-refractivity contribution in [2.75, 3.05) is 18.5 Å². The molecule has 156 valence electrons. The summed E-state index contributed by atoms with van der Waals surface area (Å²) < 4.78 is 11.5. The molecule has 30 heavy (non-hydrogen) atoms. The van der Waals surface area contributed by atoms with Crippen molar-refractivity contribution in [2.24, 2.45) is 0 Å². The number of carbonyl (C=O) groups excluding carboxylic acids is 1. The van der Waals surface area contributed by atoms with Crippen LogP contribution in [0, 0.1) is 0 Å². The highest BCUT2D eigenvalue weighted by atomic mass is 32.1. The molecule has 1 N–H and O–H groups in total. The lowest BCUT2D eigenvalue weighted by Gasteiger charge is -2.26. The minimum Gasteiger partial charge on any atom is -0.488 e. The summed E-state index contributed by atoms with van der Waals surface area (Å²) in [6.07, 6.45) is 5.62. The number of thiophene rings is 1. The average Bonchev–Trinajstić information content (AvgIpc) is 3.48. The minimum absolute atomic E-state index is 0.0837. The Morgan fingerprint density at radius 1 is 1.23 bits per heavy atom. The van der Waals surface area contributed by atoms with Gasteiger partial charge < -0.3 is 19.7 Å². The van der Waals surface area contributed by atoms with Crippen LogP contribution in [0.4, 0.5) is 10.5 Å². The fourth-order valence-electron chi connectivity index (χ4n) is 3.35. The second-order valence-electron chi connectivity index (χ2n) is 7.20. The number of hydrogen-bond donors (Lipinski definition) is 1. The highest BCUT2D eigenvalue weighted by Crippen LogP contribution is 2.20. The molecule has 1 aromatic carbocycles. The second kappa shape index (κ2) is 10.2. The van der Waals surface area contributed by atoms with Gasteiger partial charge in [-0.25, -0.2) is 4.79 Å². The van der Waals surface area contributed by atoms with Gasteiger partial charge >= 0.3 is 6.03 Å². The molecule has 3 heterocycles. The van der Waals surface area contributed by atoms with Crippen molar-refractivity contribution < 1.29 is 14.3 Å². The Hall–Kier alpha value is -2.90. The first-order chi connectivity index (χ1) is 14.8. The minimum atomic E-state index is -0.151. The van der Waals surface area contributed by atoms with Gasteiger partial charge in [0.2, 0.25) is 0 Å². The van der Waals surface area contributed by atoms with E-state index in [-0.39, 0.29) is 12.1 Å². The fraction of sp³-hybridized carbons (Fsp3) is 0.304. The smallest absolute Gasteiger partial charge is 0.322 e. The zero-order valence-electron chi connectivity index (χ0n) is 16.7. The van der Waals surface area contributed by atoms with E-state index < -0.39 is 0 Å². The summed E-state index contributed by atoms with van der Waals surface area (Å²) in [4.78, 5) is 20.1. The summed E-state index contributed by atoms with van der Waals surface area (Å²) in [7, 11) is 0. The first-order valence-electron chi connectivity index (χ1n) is 10.1. The standard InChI is InChI=1S/C23H25N3O3S/c27-23(25-19-7-9-20(10-8-19)29-17-22-6-3-13-30-22)26(16-21-5-2-12-28-21)15-18-4-1-11-24-14-18/h1,3-4,6-11,13-14,21H,2,5,12,15-17H2,(H,25,27). The van der Waals surface area contributed by atoms with Gasteiger partial charge in [0.25, 0.3) is 0 Å². The van der Waals surface area contributed by atoms with E-state index in [0.717, 1.165) is 36.4 Å². The zero-order valence-corrected chi connectivity index (χ0v) is 17.5. The predicted molar refractivity (Wildman–Crippen MR) is 118 cm³/mol. The van der Waals surface area contributed by atoms with Gasteiger partial charge in [0.15, 0.2) is 0 Å². The first-order valence-corrected chi connectivity index (χ1v) is 11.0. The van der Waals surface area contributed by atoms with Crippen LogP contribution in [-0.4, -0.2) is 35.2 Å². The third-order valence-corrected chi connectivity index (χ3v) is 5.75. The lowest BCUT2D eigenvalue weighted by molar-refractivity contribution is 0.0819. The monoisotopic (exact) mass is 423 g/mol. The van der Waals surface area contributed by atoms with Crippen molar-refractivity contribution in [3.05, 3.63) is 76.7 Å². The Balaban J connectivity index is 1.36. The van der Waals surface area contributed by atoms with Crippen LogP contribution in [0.15, 0.2) is 66.3 Å². The third-order valence-electron chi connectivity index (χ3n) is 4.90. The predicted octanol–water partition coefficient (Wildman–Crippen LogP) is 4.94. The number of nitrogens with zero attached hydrogens (tertiary/aromatic N) is 2. The number of pyridine rings is 1. The van der Waals surface area contributed by atoms with Gasteiger partial charge in [0, 0.05) is 42.7 Å². The van der Waals surface area contributed by atoms with E-state index in [1.807, 2.05) is 53.9 Å². The Morgan fingerprint density at radius 3 is 2.83 bits per heavy atom. The van der Waals surface area contributed by atoms with Gasteiger partial charge in [-0.1, -0.05) is 12.1 Å². The van der Waals surface area contributed by atoms with Crippen LogP contribution in [0.1, 0.15) is 23.3 Å². The maximum Gasteiger partial charge on any atom is 0.322 e. The molecule has 1 aliphatic heterocycles. The SMILES string of the molecule is O=C(Nc1ccc(OCc2cccs2)cc1)N(Cc1cccnc1)CC1CCCO1. The van der Waals surface area contributed by atoms with Gasteiger partial charge in [-0.05, 0) is 60.2 Å². The number of nitrogens with one attached hydrogen (secondary N) is 1. The Kier molecular flexibility index (Phi) is 6.95. The number of carbonyl (C=O) groups is 1. The number of benzene rings is 1. The molecule has 2 aromatic heterocycles. The maximum atomic E-state index is 13.0. The summed E-state index contributed by atoms with van der Waals surface area (Å²) in [6.45, 7) is 2.36. The number of ether oxygens (including phenoxy) is 2. The van der Waals surface area contributed by atoms with E-state index in [9.17, 15) is 4.79 Å². The molecule has 1 aliphatic rings.